The molecule has 9 nitrogen and oxygen atoms in total. The zero-order chi connectivity index (χ0) is 24.1. The van der Waals surface area contributed by atoms with Crippen LogP contribution in [-0.4, -0.2) is 53.3 Å². The number of halogens is 1. The van der Waals surface area contributed by atoms with Crippen molar-refractivity contribution in [3.63, 3.8) is 0 Å². The number of aliphatic carboxylic acids is 1. The first kappa shape index (κ1) is 24.1. The molecule has 1 heterocycles. The van der Waals surface area contributed by atoms with Gasteiger partial charge in [0, 0.05) is 5.69 Å². The number of hydrogen-bond acceptors (Lipinski definition) is 7. The summed E-state index contributed by atoms with van der Waals surface area (Å²) in [4.78, 5) is 48.0. The quantitative estimate of drug-likeness (QED) is 0.536. The van der Waals surface area contributed by atoms with Crippen LogP contribution in [0.3, 0.4) is 0 Å². The lowest BCUT2D eigenvalue weighted by atomic mass is 10.1. The average Bonchev–Trinajstić information content (AvgIpc) is 3.01. The molecule has 2 aromatic carbocycles. The van der Waals surface area contributed by atoms with Crippen LogP contribution in [0.5, 0.6) is 11.5 Å². The minimum absolute atomic E-state index is 0.0468. The number of rotatable bonds is 8. The number of anilines is 1. The molecule has 0 radical (unpaired) electrons. The molecule has 3 rings (SSSR count). The van der Waals surface area contributed by atoms with E-state index in [0.717, 1.165) is 5.56 Å². The summed E-state index contributed by atoms with van der Waals surface area (Å²) in [5, 5.41) is 11.0. The third-order valence-electron chi connectivity index (χ3n) is 4.40. The molecule has 2 N–H and O–H groups in total. The lowest BCUT2D eigenvalue weighted by Gasteiger charge is -2.13. The minimum atomic E-state index is -1.30. The van der Waals surface area contributed by atoms with Crippen LogP contribution in [0.25, 0.3) is 6.08 Å². The third kappa shape index (κ3) is 6.05. The first-order valence-electron chi connectivity index (χ1n) is 9.52. The first-order valence-corrected chi connectivity index (χ1v) is 10.7. The van der Waals surface area contributed by atoms with Gasteiger partial charge in [-0.2, -0.15) is 0 Å². The predicted molar refractivity (Wildman–Crippen MR) is 124 cm³/mol. The molecule has 0 bridgehead atoms. The highest BCUT2D eigenvalue weighted by molar-refractivity contribution is 8.18. The van der Waals surface area contributed by atoms with Crippen molar-refractivity contribution >= 4 is 58.1 Å². The van der Waals surface area contributed by atoms with Gasteiger partial charge in [0.2, 0.25) is 0 Å². The number of amides is 3. The summed E-state index contributed by atoms with van der Waals surface area (Å²) < 4.78 is 10.9. The lowest BCUT2D eigenvalue weighted by molar-refractivity contribution is -0.140. The van der Waals surface area contributed by atoms with Gasteiger partial charge in [0.25, 0.3) is 17.1 Å². The fourth-order valence-electron chi connectivity index (χ4n) is 2.86. The molecule has 1 saturated heterocycles. The zero-order valence-corrected chi connectivity index (χ0v) is 19.2. The zero-order valence-electron chi connectivity index (χ0n) is 17.6. The number of carboxylic acid groups (broad SMARTS) is 1. The molecule has 0 atom stereocenters. The van der Waals surface area contributed by atoms with Gasteiger partial charge in [-0.05, 0) is 54.6 Å². The van der Waals surface area contributed by atoms with Crippen LogP contribution in [0.15, 0.2) is 41.3 Å². The van der Waals surface area contributed by atoms with Gasteiger partial charge < -0.3 is 19.9 Å². The topological polar surface area (TPSA) is 122 Å². The maximum atomic E-state index is 12.3. The summed E-state index contributed by atoms with van der Waals surface area (Å²) >= 11 is 6.93. The summed E-state index contributed by atoms with van der Waals surface area (Å²) in [6.45, 7) is 0.898. The molecule has 33 heavy (non-hydrogen) atoms. The molecule has 1 fully saturated rings. The van der Waals surface area contributed by atoms with E-state index in [4.69, 9.17) is 26.2 Å². The van der Waals surface area contributed by atoms with Crippen LogP contribution in [0.2, 0.25) is 5.02 Å². The predicted octanol–water partition coefficient (Wildman–Crippen LogP) is 3.80. The van der Waals surface area contributed by atoms with Gasteiger partial charge in [0.1, 0.15) is 6.54 Å². The Labute approximate surface area is 198 Å². The van der Waals surface area contributed by atoms with Crippen molar-refractivity contribution in [3.8, 4) is 11.5 Å². The summed E-state index contributed by atoms with van der Waals surface area (Å²) in [5.74, 6) is -2.06. The van der Waals surface area contributed by atoms with Crippen molar-refractivity contribution < 1.29 is 33.8 Å². The van der Waals surface area contributed by atoms with Crippen molar-refractivity contribution in [1.82, 2.24) is 4.90 Å². The number of nitrogens with zero attached hydrogens (tertiary/aromatic N) is 1. The van der Waals surface area contributed by atoms with Crippen molar-refractivity contribution in [2.45, 2.75) is 6.92 Å². The molecule has 172 valence electrons. The lowest BCUT2D eigenvalue weighted by Crippen LogP contribution is -2.33. The Morgan fingerprint density at radius 1 is 1.21 bits per heavy atom. The molecule has 1 aliphatic heterocycles. The van der Waals surface area contributed by atoms with Crippen molar-refractivity contribution in [1.29, 1.82) is 0 Å². The summed E-state index contributed by atoms with van der Waals surface area (Å²) in [5.41, 5.74) is 2.11. The summed E-state index contributed by atoms with van der Waals surface area (Å²) in [6.07, 6.45) is 1.40. The Morgan fingerprint density at radius 3 is 2.55 bits per heavy atom. The number of ether oxygens (including phenoxy) is 2. The number of thioether (sulfide) groups is 1. The highest BCUT2D eigenvalue weighted by Crippen LogP contribution is 2.39. The number of carboxylic acids is 1. The number of nitrogens with one attached hydrogen (secondary N) is 1. The number of aryl methyl sites for hydroxylation is 1. The molecule has 0 aliphatic carbocycles. The first-order chi connectivity index (χ1) is 15.7. The minimum Gasteiger partial charge on any atom is -0.493 e. The molecule has 0 unspecified atom stereocenters. The SMILES string of the molecule is COc1cc(/C=C2/SC(=O)N(CC(=O)O)C2=O)cc(Cl)c1OCC(=O)Nc1ccc(C)cc1. The van der Waals surface area contributed by atoms with E-state index in [2.05, 4.69) is 5.32 Å². The van der Waals surface area contributed by atoms with Gasteiger partial charge in [0.15, 0.2) is 18.1 Å². The highest BCUT2D eigenvalue weighted by Gasteiger charge is 2.36. The van der Waals surface area contributed by atoms with Crippen LogP contribution in [0.1, 0.15) is 11.1 Å². The average molecular weight is 491 g/mol. The van der Waals surface area contributed by atoms with E-state index >= 15 is 0 Å². The molecule has 1 aliphatic rings. The van der Waals surface area contributed by atoms with Crippen LogP contribution < -0.4 is 14.8 Å². The number of imide groups is 1. The fourth-order valence-corrected chi connectivity index (χ4v) is 3.97. The third-order valence-corrected chi connectivity index (χ3v) is 5.59. The van der Waals surface area contributed by atoms with Crippen LogP contribution >= 0.6 is 23.4 Å². The van der Waals surface area contributed by atoms with Crippen molar-refractivity contribution in [2.24, 2.45) is 0 Å². The van der Waals surface area contributed by atoms with Crippen molar-refractivity contribution in [2.75, 3.05) is 25.6 Å². The largest absolute Gasteiger partial charge is 0.493 e. The van der Waals surface area contributed by atoms with Gasteiger partial charge in [-0.3, -0.25) is 24.1 Å². The second-order valence-corrected chi connectivity index (χ2v) is 8.30. The van der Waals surface area contributed by atoms with E-state index in [1.807, 2.05) is 19.1 Å². The van der Waals surface area contributed by atoms with Crippen LogP contribution in [0.4, 0.5) is 10.5 Å². The smallest absolute Gasteiger partial charge is 0.323 e. The Bertz CT molecular complexity index is 1150. The number of methoxy groups -OCH3 is 1. The Morgan fingerprint density at radius 2 is 1.91 bits per heavy atom. The number of carbonyl (C=O) groups is 4. The molecule has 2 aromatic rings. The number of hydrogen-bond donors (Lipinski definition) is 2. The van der Waals surface area contributed by atoms with Gasteiger partial charge in [-0.1, -0.05) is 29.3 Å². The van der Waals surface area contributed by atoms with Gasteiger partial charge in [-0.15, -0.1) is 0 Å². The number of benzene rings is 2. The maximum absolute atomic E-state index is 12.3. The normalized spacial score (nSPS) is 14.5. The second kappa shape index (κ2) is 10.4. The second-order valence-electron chi connectivity index (χ2n) is 6.90. The highest BCUT2D eigenvalue weighted by atomic mass is 35.5. The molecular weight excluding hydrogens is 472 g/mol. The van der Waals surface area contributed by atoms with Gasteiger partial charge in [0.05, 0.1) is 17.0 Å². The summed E-state index contributed by atoms with van der Waals surface area (Å²) in [6, 6.07) is 10.3. The van der Waals surface area contributed by atoms with Crippen molar-refractivity contribution in [3.05, 3.63) is 57.5 Å². The van der Waals surface area contributed by atoms with Gasteiger partial charge >= 0.3 is 5.97 Å². The summed E-state index contributed by atoms with van der Waals surface area (Å²) in [7, 11) is 1.38. The maximum Gasteiger partial charge on any atom is 0.323 e. The Balaban J connectivity index is 1.73. The fraction of sp³-hybridized carbons (Fsp3) is 0.182. The van der Waals surface area contributed by atoms with Gasteiger partial charge in [-0.25, -0.2) is 0 Å². The van der Waals surface area contributed by atoms with E-state index in [1.54, 1.807) is 12.1 Å². The monoisotopic (exact) mass is 490 g/mol. The number of carbonyl (C=O) groups excluding carboxylic acids is 3. The van der Waals surface area contributed by atoms with Crippen LogP contribution in [0, 0.1) is 6.92 Å². The van der Waals surface area contributed by atoms with E-state index in [0.29, 0.717) is 27.9 Å². The Kier molecular flexibility index (Phi) is 7.62. The van der Waals surface area contributed by atoms with E-state index < -0.39 is 29.6 Å². The molecule has 3 amide bonds. The van der Waals surface area contributed by atoms with E-state index in [9.17, 15) is 19.2 Å². The molecule has 0 saturated carbocycles. The molecule has 11 heteroatoms. The van der Waals surface area contributed by atoms with E-state index in [1.165, 1.54) is 25.3 Å². The molecular formula is C22H19ClN2O7S. The standard InChI is InChI=1S/C22H19ClN2O7S/c1-12-3-5-14(6-4-12)24-18(26)11-32-20-15(23)7-13(8-16(20)31-2)9-17-21(29)25(10-19(27)28)22(30)33-17/h3-9H,10-11H2,1-2H3,(H,24,26)(H,27,28)/b17-9+. The Hall–Kier alpha value is -3.50. The molecule has 0 aromatic heterocycles. The van der Waals surface area contributed by atoms with Crippen LogP contribution in [-0.2, 0) is 14.4 Å². The van der Waals surface area contributed by atoms with E-state index in [-0.39, 0.29) is 28.0 Å². The molecule has 0 spiro atoms.